The van der Waals surface area contributed by atoms with Crippen molar-refractivity contribution < 1.29 is 0 Å². The van der Waals surface area contributed by atoms with E-state index in [4.69, 9.17) is 0 Å². The van der Waals surface area contributed by atoms with Crippen LogP contribution in [-0.4, -0.2) is 36.7 Å². The first-order valence-corrected chi connectivity index (χ1v) is 9.56. The van der Waals surface area contributed by atoms with Crippen molar-refractivity contribution in [3.05, 3.63) is 36.3 Å². The highest BCUT2D eigenvalue weighted by molar-refractivity contribution is 5.83. The lowest BCUT2D eigenvalue weighted by molar-refractivity contribution is 0.292. The fourth-order valence-corrected chi connectivity index (χ4v) is 4.43. The number of hydrogen-bond donors (Lipinski definition) is 2. The lowest BCUT2D eigenvalue weighted by Gasteiger charge is -2.30. The molecule has 3 aromatic heterocycles. The van der Waals surface area contributed by atoms with Crippen molar-refractivity contribution in [1.82, 2.24) is 29.4 Å². The Kier molecular flexibility index (Phi) is 3.89. The van der Waals surface area contributed by atoms with Crippen LogP contribution in [0.1, 0.15) is 43.0 Å². The fraction of sp³-hybridized carbons (Fsp3) is 0.526. The van der Waals surface area contributed by atoms with E-state index < -0.39 is 0 Å². The summed E-state index contributed by atoms with van der Waals surface area (Å²) in [5.41, 5.74) is 4.91. The number of nitrogens with one attached hydrogen (secondary N) is 2. The van der Waals surface area contributed by atoms with Gasteiger partial charge in [0, 0.05) is 44.0 Å². The van der Waals surface area contributed by atoms with Gasteiger partial charge in [0.05, 0.1) is 30.1 Å². The zero-order valence-corrected chi connectivity index (χ0v) is 15.1. The highest BCUT2D eigenvalue weighted by atomic mass is 15.1. The van der Waals surface area contributed by atoms with Crippen LogP contribution in [0.2, 0.25) is 0 Å². The normalized spacial score (nSPS) is 22.5. The van der Waals surface area contributed by atoms with Crippen LogP contribution in [0.5, 0.6) is 0 Å². The summed E-state index contributed by atoms with van der Waals surface area (Å²) in [5.74, 6) is 1.05. The molecule has 1 fully saturated rings. The van der Waals surface area contributed by atoms with Crippen LogP contribution < -0.4 is 10.6 Å². The Bertz CT molecular complexity index is 917. The van der Waals surface area contributed by atoms with Gasteiger partial charge in [-0.15, -0.1) is 0 Å². The Balaban J connectivity index is 1.28. The van der Waals surface area contributed by atoms with Gasteiger partial charge in [0.1, 0.15) is 11.3 Å². The van der Waals surface area contributed by atoms with Crippen molar-refractivity contribution in [3.8, 4) is 0 Å². The van der Waals surface area contributed by atoms with Gasteiger partial charge in [-0.05, 0) is 32.1 Å². The largest absolute Gasteiger partial charge is 0.369 e. The van der Waals surface area contributed by atoms with Crippen LogP contribution in [0, 0.1) is 0 Å². The smallest absolute Gasteiger partial charge is 0.131 e. The molecule has 0 spiro atoms. The molecule has 7 nitrogen and oxygen atoms in total. The predicted octanol–water partition coefficient (Wildman–Crippen LogP) is 2.41. The van der Waals surface area contributed by atoms with E-state index in [9.17, 15) is 0 Å². The molecule has 0 amide bonds. The zero-order chi connectivity index (χ0) is 17.5. The molecule has 0 bridgehead atoms. The quantitative estimate of drug-likeness (QED) is 0.755. The van der Waals surface area contributed by atoms with Crippen molar-refractivity contribution in [1.29, 1.82) is 0 Å². The summed E-state index contributed by atoms with van der Waals surface area (Å²) in [5, 5.41) is 7.09. The number of aryl methyl sites for hydroxylation is 1. The number of rotatable bonds is 4. The number of imidazole rings is 2. The number of hydrogen-bond acceptors (Lipinski definition) is 5. The second-order valence-corrected chi connectivity index (χ2v) is 7.53. The molecule has 0 saturated heterocycles. The van der Waals surface area contributed by atoms with Crippen LogP contribution in [0.3, 0.4) is 0 Å². The highest BCUT2D eigenvalue weighted by Crippen LogP contribution is 2.34. The van der Waals surface area contributed by atoms with Crippen LogP contribution in [-0.2, 0) is 20.0 Å². The summed E-state index contributed by atoms with van der Waals surface area (Å²) < 4.78 is 4.50. The van der Waals surface area contributed by atoms with Gasteiger partial charge < -0.3 is 19.8 Å². The molecule has 5 rings (SSSR count). The van der Waals surface area contributed by atoms with Gasteiger partial charge in [0.2, 0.25) is 0 Å². The second kappa shape index (κ2) is 6.39. The van der Waals surface area contributed by atoms with Gasteiger partial charge in [-0.1, -0.05) is 0 Å². The zero-order valence-electron chi connectivity index (χ0n) is 15.1. The van der Waals surface area contributed by atoms with Gasteiger partial charge in [-0.2, -0.15) is 0 Å². The molecule has 0 radical (unpaired) electrons. The first kappa shape index (κ1) is 15.8. The Morgan fingerprint density at radius 3 is 2.85 bits per heavy atom. The summed E-state index contributed by atoms with van der Waals surface area (Å²) >= 11 is 0. The van der Waals surface area contributed by atoms with Crippen molar-refractivity contribution in [2.45, 2.75) is 50.7 Å². The molecule has 4 heterocycles. The first-order valence-electron chi connectivity index (χ1n) is 9.56. The predicted molar refractivity (Wildman–Crippen MR) is 101 cm³/mol. The summed E-state index contributed by atoms with van der Waals surface area (Å²) in [6.07, 6.45) is 13.6. The molecule has 1 aliphatic heterocycles. The molecule has 0 unspecified atom stereocenters. The van der Waals surface area contributed by atoms with E-state index in [-0.39, 0.29) is 0 Å². The average molecular weight is 351 g/mol. The summed E-state index contributed by atoms with van der Waals surface area (Å²) in [7, 11) is 2.05. The van der Waals surface area contributed by atoms with Gasteiger partial charge in [-0.25, -0.2) is 15.0 Å². The Morgan fingerprint density at radius 2 is 2.04 bits per heavy atom. The lowest BCUT2D eigenvalue weighted by Crippen LogP contribution is -2.33. The fourth-order valence-electron chi connectivity index (χ4n) is 4.43. The Labute approximate surface area is 152 Å². The highest BCUT2D eigenvalue weighted by Gasteiger charge is 2.26. The number of pyridine rings is 1. The van der Waals surface area contributed by atoms with Crippen molar-refractivity contribution in [3.63, 3.8) is 0 Å². The van der Waals surface area contributed by atoms with Gasteiger partial charge in [-0.3, -0.25) is 0 Å². The van der Waals surface area contributed by atoms with E-state index in [1.165, 1.54) is 42.5 Å². The molecule has 26 heavy (non-hydrogen) atoms. The minimum atomic E-state index is 0.543. The molecular formula is C19H25N7. The van der Waals surface area contributed by atoms with E-state index in [1.807, 2.05) is 32.1 Å². The van der Waals surface area contributed by atoms with Crippen LogP contribution >= 0.6 is 0 Å². The number of aromatic nitrogens is 5. The molecule has 2 N–H and O–H groups in total. The second-order valence-electron chi connectivity index (χ2n) is 7.53. The number of nitrogens with zero attached hydrogens (tertiary/aromatic N) is 5. The first-order chi connectivity index (χ1) is 12.8. The summed E-state index contributed by atoms with van der Waals surface area (Å²) in [4.78, 5) is 13.3. The molecule has 136 valence electrons. The summed E-state index contributed by atoms with van der Waals surface area (Å²) in [6, 6.07) is 1.13. The van der Waals surface area contributed by atoms with Crippen molar-refractivity contribution in [2.75, 3.05) is 11.9 Å². The van der Waals surface area contributed by atoms with E-state index in [0.717, 1.165) is 30.8 Å². The minimum absolute atomic E-state index is 0.543. The van der Waals surface area contributed by atoms with E-state index in [1.54, 1.807) is 0 Å². The number of fused-ring (bicyclic) bond motifs is 3. The molecular weight excluding hydrogens is 326 g/mol. The van der Waals surface area contributed by atoms with Gasteiger partial charge in [0.15, 0.2) is 0 Å². The summed E-state index contributed by atoms with van der Waals surface area (Å²) in [6.45, 7) is 1.88. The monoisotopic (exact) mass is 351 g/mol. The van der Waals surface area contributed by atoms with E-state index in [2.05, 4.69) is 34.7 Å². The molecule has 2 aliphatic rings. The number of anilines is 1. The lowest BCUT2D eigenvalue weighted by atomic mass is 9.90. The standard InChI is InChI=1S/C19H25N7/c1-25-11-20-8-15(25)9-22-13-2-4-14(5-3-13)26-12-24-17-10-23-19-16(18(17)26)6-7-21-19/h8,10-14,22H,2-7,9H2,1H3,(H,21,23)/t13-,14-. The topological polar surface area (TPSA) is 72.6 Å². The van der Waals surface area contributed by atoms with Crippen molar-refractivity contribution in [2.24, 2.45) is 7.05 Å². The van der Waals surface area contributed by atoms with Crippen molar-refractivity contribution >= 4 is 16.9 Å². The SMILES string of the molecule is Cn1cncc1CN[C@H]1CC[C@H](n2cnc3cnc4c(c32)CCN4)CC1. The Hall–Kier alpha value is -2.41. The maximum atomic E-state index is 4.62. The molecule has 7 heteroatoms. The van der Waals surface area contributed by atoms with Crippen LogP contribution in [0.25, 0.3) is 11.0 Å². The van der Waals surface area contributed by atoms with Gasteiger partial charge >= 0.3 is 0 Å². The molecule has 0 atom stereocenters. The van der Waals surface area contributed by atoms with Crippen LogP contribution in [0.4, 0.5) is 5.82 Å². The Morgan fingerprint density at radius 1 is 1.15 bits per heavy atom. The molecule has 1 saturated carbocycles. The third-order valence-corrected chi connectivity index (χ3v) is 5.96. The van der Waals surface area contributed by atoms with E-state index >= 15 is 0 Å². The third-order valence-electron chi connectivity index (χ3n) is 5.96. The molecule has 3 aromatic rings. The molecule has 0 aromatic carbocycles. The van der Waals surface area contributed by atoms with Gasteiger partial charge in [0.25, 0.3) is 0 Å². The maximum absolute atomic E-state index is 4.62. The third kappa shape index (κ3) is 2.67. The minimum Gasteiger partial charge on any atom is -0.369 e. The molecule has 1 aliphatic carbocycles. The average Bonchev–Trinajstić information content (AvgIpc) is 3.39. The van der Waals surface area contributed by atoms with Crippen LogP contribution in [0.15, 0.2) is 25.0 Å². The maximum Gasteiger partial charge on any atom is 0.131 e. The van der Waals surface area contributed by atoms with E-state index in [0.29, 0.717) is 12.1 Å².